The summed E-state index contributed by atoms with van der Waals surface area (Å²) in [5.74, 6) is -0.334. The molecule has 0 fully saturated rings. The van der Waals surface area contributed by atoms with E-state index in [1.165, 1.54) is 6.07 Å². The van der Waals surface area contributed by atoms with Gasteiger partial charge in [0.15, 0.2) is 0 Å². The molecule has 0 aliphatic carbocycles. The van der Waals surface area contributed by atoms with E-state index in [0.29, 0.717) is 5.56 Å². The molecule has 0 unspecified atom stereocenters. The lowest BCUT2D eigenvalue weighted by Gasteiger charge is -2.09. The standard InChI is InChI=1S/C9H10FIO2/c10-8-2-1-3-9(11)7(8)4-6(13)5-12/h1-3,6,12-13H,4-5H2/t6-/m1/s1. The van der Waals surface area contributed by atoms with Gasteiger partial charge in [0, 0.05) is 15.6 Å². The number of benzene rings is 1. The summed E-state index contributed by atoms with van der Waals surface area (Å²) in [6.07, 6.45) is -0.730. The lowest BCUT2D eigenvalue weighted by atomic mass is 10.1. The summed E-state index contributed by atoms with van der Waals surface area (Å²) in [5, 5.41) is 17.7. The van der Waals surface area contributed by atoms with Crippen LogP contribution in [0, 0.1) is 9.39 Å². The number of aliphatic hydroxyl groups is 2. The lowest BCUT2D eigenvalue weighted by molar-refractivity contribution is 0.0946. The predicted octanol–water partition coefficient (Wildman–Crippen LogP) is 1.33. The molecule has 2 nitrogen and oxygen atoms in total. The van der Waals surface area contributed by atoms with Crippen molar-refractivity contribution in [2.24, 2.45) is 0 Å². The summed E-state index contributed by atoms with van der Waals surface area (Å²) >= 11 is 2.00. The summed E-state index contributed by atoms with van der Waals surface area (Å²) in [7, 11) is 0. The molecule has 0 heterocycles. The normalized spacial score (nSPS) is 12.9. The third-order valence-corrected chi connectivity index (χ3v) is 2.72. The van der Waals surface area contributed by atoms with E-state index in [1.807, 2.05) is 22.6 Å². The third-order valence-electron chi connectivity index (χ3n) is 1.71. The van der Waals surface area contributed by atoms with Gasteiger partial charge in [-0.15, -0.1) is 0 Å². The fourth-order valence-corrected chi connectivity index (χ4v) is 1.71. The smallest absolute Gasteiger partial charge is 0.127 e. The maximum Gasteiger partial charge on any atom is 0.127 e. The van der Waals surface area contributed by atoms with E-state index in [9.17, 15) is 4.39 Å². The van der Waals surface area contributed by atoms with Gasteiger partial charge in [-0.3, -0.25) is 0 Å². The minimum absolute atomic E-state index is 0.154. The molecular formula is C9H10FIO2. The summed E-state index contributed by atoms with van der Waals surface area (Å²) < 4.78 is 13.9. The SMILES string of the molecule is OC[C@H](O)Cc1c(F)cccc1I. The van der Waals surface area contributed by atoms with Crippen LogP contribution >= 0.6 is 22.6 Å². The fraction of sp³-hybridized carbons (Fsp3) is 0.333. The molecule has 0 saturated carbocycles. The van der Waals surface area contributed by atoms with Crippen LogP contribution in [0.15, 0.2) is 18.2 Å². The lowest BCUT2D eigenvalue weighted by Crippen LogP contribution is -2.16. The highest BCUT2D eigenvalue weighted by atomic mass is 127. The molecule has 0 aliphatic rings. The topological polar surface area (TPSA) is 40.5 Å². The van der Waals surface area contributed by atoms with Crippen LogP contribution in [0.4, 0.5) is 4.39 Å². The Kier molecular flexibility index (Phi) is 4.08. The van der Waals surface area contributed by atoms with Crippen LogP contribution in [-0.2, 0) is 6.42 Å². The Morgan fingerprint density at radius 1 is 1.46 bits per heavy atom. The molecule has 0 aliphatic heterocycles. The summed E-state index contributed by atoms with van der Waals surface area (Å²) in [6.45, 7) is -0.343. The largest absolute Gasteiger partial charge is 0.394 e. The van der Waals surface area contributed by atoms with Crippen LogP contribution in [0.25, 0.3) is 0 Å². The predicted molar refractivity (Wildman–Crippen MR) is 55.9 cm³/mol. The first-order valence-corrected chi connectivity index (χ1v) is 4.95. The molecule has 0 bridgehead atoms. The highest BCUT2D eigenvalue weighted by molar-refractivity contribution is 14.1. The molecule has 2 N–H and O–H groups in total. The number of halogens is 2. The average Bonchev–Trinajstić information content (AvgIpc) is 2.11. The van der Waals surface area contributed by atoms with Crippen molar-refractivity contribution in [2.75, 3.05) is 6.61 Å². The van der Waals surface area contributed by atoms with Gasteiger partial charge in [-0.2, -0.15) is 0 Å². The van der Waals surface area contributed by atoms with Crippen LogP contribution in [0.5, 0.6) is 0 Å². The zero-order chi connectivity index (χ0) is 9.84. The number of rotatable bonds is 3. The third kappa shape index (κ3) is 2.89. The van der Waals surface area contributed by atoms with E-state index < -0.39 is 6.10 Å². The van der Waals surface area contributed by atoms with E-state index in [4.69, 9.17) is 10.2 Å². The van der Waals surface area contributed by atoms with Gasteiger partial charge in [-0.25, -0.2) is 4.39 Å². The van der Waals surface area contributed by atoms with Crippen molar-refractivity contribution in [1.29, 1.82) is 0 Å². The van der Waals surface area contributed by atoms with E-state index >= 15 is 0 Å². The van der Waals surface area contributed by atoms with Crippen molar-refractivity contribution in [3.8, 4) is 0 Å². The van der Waals surface area contributed by atoms with Crippen molar-refractivity contribution in [3.05, 3.63) is 33.1 Å². The molecule has 0 aromatic heterocycles. The second kappa shape index (κ2) is 4.88. The van der Waals surface area contributed by atoms with Crippen LogP contribution in [-0.4, -0.2) is 22.9 Å². The molecule has 0 spiro atoms. The van der Waals surface area contributed by atoms with Crippen molar-refractivity contribution in [1.82, 2.24) is 0 Å². The molecule has 1 aromatic rings. The van der Waals surface area contributed by atoms with Crippen molar-refractivity contribution >= 4 is 22.6 Å². The summed E-state index contributed by atoms with van der Waals surface area (Å²) in [6, 6.07) is 4.73. The summed E-state index contributed by atoms with van der Waals surface area (Å²) in [5.41, 5.74) is 0.463. The Morgan fingerprint density at radius 2 is 2.15 bits per heavy atom. The molecule has 0 radical (unpaired) electrons. The minimum Gasteiger partial charge on any atom is -0.394 e. The average molecular weight is 296 g/mol. The van der Waals surface area contributed by atoms with Crippen molar-refractivity contribution in [2.45, 2.75) is 12.5 Å². The number of aliphatic hydroxyl groups excluding tert-OH is 2. The zero-order valence-electron chi connectivity index (χ0n) is 6.87. The van der Waals surface area contributed by atoms with Crippen molar-refractivity contribution in [3.63, 3.8) is 0 Å². The second-order valence-electron chi connectivity index (χ2n) is 2.74. The monoisotopic (exact) mass is 296 g/mol. The highest BCUT2D eigenvalue weighted by Crippen LogP contribution is 2.17. The molecular weight excluding hydrogens is 286 g/mol. The van der Waals surface area contributed by atoms with Gasteiger partial charge in [-0.1, -0.05) is 6.07 Å². The van der Waals surface area contributed by atoms with E-state index in [0.717, 1.165) is 3.57 Å². The Labute approximate surface area is 89.5 Å². The maximum absolute atomic E-state index is 13.1. The molecule has 1 rings (SSSR count). The van der Waals surface area contributed by atoms with E-state index in [-0.39, 0.29) is 18.8 Å². The van der Waals surface area contributed by atoms with Gasteiger partial charge >= 0.3 is 0 Å². The van der Waals surface area contributed by atoms with Gasteiger partial charge in [0.25, 0.3) is 0 Å². The maximum atomic E-state index is 13.1. The molecule has 1 aromatic carbocycles. The Balaban J connectivity index is 2.87. The van der Waals surface area contributed by atoms with Gasteiger partial charge in [-0.05, 0) is 34.7 Å². The van der Waals surface area contributed by atoms with Gasteiger partial charge in [0.2, 0.25) is 0 Å². The van der Waals surface area contributed by atoms with Crippen LogP contribution < -0.4 is 0 Å². The molecule has 0 saturated heterocycles. The minimum atomic E-state index is -0.884. The first-order valence-electron chi connectivity index (χ1n) is 3.87. The van der Waals surface area contributed by atoms with Crippen LogP contribution in [0.1, 0.15) is 5.56 Å². The molecule has 0 amide bonds. The van der Waals surface area contributed by atoms with Gasteiger partial charge in [0.1, 0.15) is 5.82 Å². The van der Waals surface area contributed by atoms with Crippen molar-refractivity contribution < 1.29 is 14.6 Å². The fourth-order valence-electron chi connectivity index (χ4n) is 1.03. The Morgan fingerprint density at radius 3 is 2.69 bits per heavy atom. The second-order valence-corrected chi connectivity index (χ2v) is 3.90. The number of hydrogen-bond acceptors (Lipinski definition) is 2. The van der Waals surface area contributed by atoms with Gasteiger partial charge < -0.3 is 10.2 Å². The van der Waals surface area contributed by atoms with Gasteiger partial charge in [0.05, 0.1) is 12.7 Å². The number of hydrogen-bond donors (Lipinski definition) is 2. The Hall–Kier alpha value is -0.200. The zero-order valence-corrected chi connectivity index (χ0v) is 9.03. The first-order chi connectivity index (χ1) is 6.15. The van der Waals surface area contributed by atoms with E-state index in [2.05, 4.69) is 0 Å². The summed E-state index contributed by atoms with van der Waals surface area (Å²) in [4.78, 5) is 0. The molecule has 13 heavy (non-hydrogen) atoms. The first kappa shape index (κ1) is 10.9. The quantitative estimate of drug-likeness (QED) is 0.826. The Bertz CT molecular complexity index is 271. The molecule has 72 valence electrons. The van der Waals surface area contributed by atoms with E-state index in [1.54, 1.807) is 12.1 Å². The molecule has 4 heteroatoms. The van der Waals surface area contributed by atoms with Crippen LogP contribution in [0.3, 0.4) is 0 Å². The highest BCUT2D eigenvalue weighted by Gasteiger charge is 2.10. The molecule has 1 atom stereocenters. The van der Waals surface area contributed by atoms with Crippen LogP contribution in [0.2, 0.25) is 0 Å².